The fraction of sp³-hybridized carbons (Fsp3) is 1.00. The standard InChI is InChI=1S/C18H38OSi/c1-4-20(5-2,6-3)16-15-19-17-18-13-11-9-7-8-10-12-14-18/h18H,4-17H2,1-3H3. The van der Waals surface area contributed by atoms with Crippen molar-refractivity contribution in [3.63, 3.8) is 0 Å². The first-order chi connectivity index (χ1) is 9.76. The van der Waals surface area contributed by atoms with Crippen LogP contribution in [0.15, 0.2) is 0 Å². The molecular weight excluding hydrogens is 260 g/mol. The molecule has 120 valence electrons. The Kier molecular flexibility index (Phi) is 9.88. The summed E-state index contributed by atoms with van der Waals surface area (Å²) in [5.41, 5.74) is 0. The van der Waals surface area contributed by atoms with E-state index in [-0.39, 0.29) is 0 Å². The van der Waals surface area contributed by atoms with E-state index in [1.165, 1.54) is 75.5 Å². The average molecular weight is 299 g/mol. The normalized spacial score (nSPS) is 19.4. The predicted molar refractivity (Wildman–Crippen MR) is 93.2 cm³/mol. The zero-order valence-electron chi connectivity index (χ0n) is 14.4. The summed E-state index contributed by atoms with van der Waals surface area (Å²) in [5.74, 6) is 0.856. The lowest BCUT2D eigenvalue weighted by Crippen LogP contribution is -2.32. The number of hydrogen-bond donors (Lipinski definition) is 0. The maximum atomic E-state index is 6.11. The lowest BCUT2D eigenvalue weighted by Gasteiger charge is -2.28. The first kappa shape index (κ1) is 18.2. The van der Waals surface area contributed by atoms with Gasteiger partial charge in [0.05, 0.1) is 8.07 Å². The van der Waals surface area contributed by atoms with Gasteiger partial charge in [0.25, 0.3) is 0 Å². The van der Waals surface area contributed by atoms with Crippen molar-refractivity contribution in [1.82, 2.24) is 0 Å². The van der Waals surface area contributed by atoms with Gasteiger partial charge in [0.15, 0.2) is 0 Å². The monoisotopic (exact) mass is 298 g/mol. The van der Waals surface area contributed by atoms with Gasteiger partial charge >= 0.3 is 0 Å². The van der Waals surface area contributed by atoms with Gasteiger partial charge in [-0.3, -0.25) is 0 Å². The molecule has 1 aliphatic carbocycles. The Morgan fingerprint density at radius 3 is 1.80 bits per heavy atom. The summed E-state index contributed by atoms with van der Waals surface area (Å²) in [4.78, 5) is 0. The SMILES string of the molecule is CC[Si](CC)(CC)CCOCC1CCCCCCCC1. The van der Waals surface area contributed by atoms with Gasteiger partial charge in [-0.2, -0.15) is 0 Å². The van der Waals surface area contributed by atoms with Crippen LogP contribution in [-0.2, 0) is 4.74 Å². The quantitative estimate of drug-likeness (QED) is 0.379. The minimum absolute atomic E-state index is 0.856. The smallest absolute Gasteiger partial charge is 0.0550 e. The molecule has 20 heavy (non-hydrogen) atoms. The van der Waals surface area contributed by atoms with Crippen LogP contribution < -0.4 is 0 Å². The van der Waals surface area contributed by atoms with Crippen molar-refractivity contribution in [2.75, 3.05) is 13.2 Å². The van der Waals surface area contributed by atoms with Crippen molar-refractivity contribution < 1.29 is 4.74 Å². The van der Waals surface area contributed by atoms with E-state index < -0.39 is 8.07 Å². The summed E-state index contributed by atoms with van der Waals surface area (Å²) < 4.78 is 6.11. The molecule has 0 unspecified atom stereocenters. The van der Waals surface area contributed by atoms with Crippen molar-refractivity contribution in [3.8, 4) is 0 Å². The van der Waals surface area contributed by atoms with Crippen LogP contribution in [0.2, 0.25) is 24.2 Å². The van der Waals surface area contributed by atoms with Crippen LogP contribution in [0.3, 0.4) is 0 Å². The Hall–Kier alpha value is 0.177. The topological polar surface area (TPSA) is 9.23 Å². The largest absolute Gasteiger partial charge is 0.381 e. The molecule has 1 saturated carbocycles. The minimum atomic E-state index is -0.955. The molecule has 2 heteroatoms. The molecule has 0 bridgehead atoms. The van der Waals surface area contributed by atoms with Crippen LogP contribution in [0.5, 0.6) is 0 Å². The molecule has 0 atom stereocenters. The highest BCUT2D eigenvalue weighted by atomic mass is 28.3. The van der Waals surface area contributed by atoms with Gasteiger partial charge in [-0.15, -0.1) is 0 Å². The second-order valence-electron chi connectivity index (χ2n) is 6.95. The van der Waals surface area contributed by atoms with Crippen LogP contribution >= 0.6 is 0 Å². The second-order valence-corrected chi connectivity index (χ2v) is 12.6. The number of hydrogen-bond acceptors (Lipinski definition) is 1. The van der Waals surface area contributed by atoms with Crippen molar-refractivity contribution in [3.05, 3.63) is 0 Å². The summed E-state index contributed by atoms with van der Waals surface area (Å²) in [6.07, 6.45) is 11.5. The van der Waals surface area contributed by atoms with Crippen LogP contribution in [0.1, 0.15) is 72.1 Å². The molecule has 0 amide bonds. The van der Waals surface area contributed by atoms with Crippen molar-refractivity contribution in [2.45, 2.75) is 96.3 Å². The Labute approximate surface area is 128 Å². The zero-order chi connectivity index (χ0) is 14.7. The molecule has 0 aromatic rings. The van der Waals surface area contributed by atoms with E-state index in [1.807, 2.05) is 0 Å². The van der Waals surface area contributed by atoms with Crippen molar-refractivity contribution in [2.24, 2.45) is 5.92 Å². The van der Waals surface area contributed by atoms with Gasteiger partial charge < -0.3 is 4.74 Å². The van der Waals surface area contributed by atoms with E-state index >= 15 is 0 Å². The molecule has 0 aromatic heterocycles. The lowest BCUT2D eigenvalue weighted by atomic mass is 9.98. The second kappa shape index (κ2) is 10.8. The summed E-state index contributed by atoms with van der Waals surface area (Å²) in [7, 11) is -0.955. The molecule has 1 rings (SSSR count). The van der Waals surface area contributed by atoms with Crippen LogP contribution in [0.4, 0.5) is 0 Å². The molecular formula is C18H38OSi. The van der Waals surface area contributed by atoms with Gasteiger partial charge in [-0.25, -0.2) is 0 Å². The molecule has 0 N–H and O–H groups in total. The number of rotatable bonds is 8. The first-order valence-corrected chi connectivity index (χ1v) is 12.2. The third-order valence-electron chi connectivity index (χ3n) is 5.86. The highest BCUT2D eigenvalue weighted by molar-refractivity contribution is 6.79. The van der Waals surface area contributed by atoms with E-state index in [9.17, 15) is 0 Å². The highest BCUT2D eigenvalue weighted by Crippen LogP contribution is 2.26. The van der Waals surface area contributed by atoms with Gasteiger partial charge in [-0.1, -0.05) is 77.4 Å². The predicted octanol–water partition coefficient (Wildman–Crippen LogP) is 6.26. The molecule has 0 heterocycles. The maximum Gasteiger partial charge on any atom is 0.0550 e. The third kappa shape index (κ3) is 6.75. The first-order valence-electron chi connectivity index (χ1n) is 9.34. The Balaban J connectivity index is 2.21. The van der Waals surface area contributed by atoms with E-state index in [0.717, 1.165) is 19.1 Å². The molecule has 0 spiro atoms. The fourth-order valence-electron chi connectivity index (χ4n) is 3.70. The lowest BCUT2D eigenvalue weighted by molar-refractivity contribution is 0.101. The van der Waals surface area contributed by atoms with E-state index in [0.29, 0.717) is 0 Å². The minimum Gasteiger partial charge on any atom is -0.381 e. The van der Waals surface area contributed by atoms with Gasteiger partial charge in [0.1, 0.15) is 0 Å². The third-order valence-corrected chi connectivity index (χ3v) is 11.6. The van der Waals surface area contributed by atoms with E-state index in [2.05, 4.69) is 20.8 Å². The summed E-state index contributed by atoms with van der Waals surface area (Å²) in [6.45, 7) is 9.28. The molecule has 1 aliphatic rings. The van der Waals surface area contributed by atoms with Gasteiger partial charge in [0, 0.05) is 13.2 Å². The fourth-order valence-corrected chi connectivity index (χ4v) is 6.84. The summed E-state index contributed by atoms with van der Waals surface area (Å²) in [5, 5.41) is 0. The van der Waals surface area contributed by atoms with Crippen LogP contribution in [-0.4, -0.2) is 21.3 Å². The molecule has 1 nitrogen and oxygen atoms in total. The van der Waals surface area contributed by atoms with Crippen molar-refractivity contribution in [1.29, 1.82) is 0 Å². The number of ether oxygens (including phenoxy) is 1. The van der Waals surface area contributed by atoms with Crippen LogP contribution in [0.25, 0.3) is 0 Å². The van der Waals surface area contributed by atoms with Crippen LogP contribution in [0, 0.1) is 5.92 Å². The Morgan fingerprint density at radius 1 is 0.800 bits per heavy atom. The Bertz CT molecular complexity index is 207. The van der Waals surface area contributed by atoms with E-state index in [1.54, 1.807) is 0 Å². The van der Waals surface area contributed by atoms with Crippen molar-refractivity contribution >= 4 is 8.07 Å². The van der Waals surface area contributed by atoms with E-state index in [4.69, 9.17) is 4.74 Å². The van der Waals surface area contributed by atoms with Gasteiger partial charge in [0.2, 0.25) is 0 Å². The molecule has 0 saturated heterocycles. The molecule has 1 fully saturated rings. The van der Waals surface area contributed by atoms with Gasteiger partial charge in [-0.05, 0) is 24.8 Å². The highest BCUT2D eigenvalue weighted by Gasteiger charge is 2.26. The molecule has 0 radical (unpaired) electrons. The molecule has 0 aromatic carbocycles. The zero-order valence-corrected chi connectivity index (χ0v) is 15.4. The Morgan fingerprint density at radius 2 is 1.30 bits per heavy atom. The average Bonchev–Trinajstić information content (AvgIpc) is 2.62. The summed E-state index contributed by atoms with van der Waals surface area (Å²) in [6, 6.07) is 5.70. The maximum absolute atomic E-state index is 6.11. The molecule has 0 aliphatic heterocycles. The summed E-state index contributed by atoms with van der Waals surface area (Å²) >= 11 is 0.